The number of ether oxygens (including phenoxy) is 3. The zero-order valence-electron chi connectivity index (χ0n) is 15.8. The molecule has 0 atom stereocenters. The molecule has 9 heteroatoms. The summed E-state index contributed by atoms with van der Waals surface area (Å²) in [7, 11) is 1.46. The van der Waals surface area contributed by atoms with E-state index in [-0.39, 0.29) is 12.4 Å². The maximum absolute atomic E-state index is 12.1. The molecule has 0 fully saturated rings. The van der Waals surface area contributed by atoms with Crippen LogP contribution in [0.1, 0.15) is 15.2 Å². The van der Waals surface area contributed by atoms with E-state index >= 15 is 0 Å². The Kier molecular flexibility index (Phi) is 7.42. The Hall–Kier alpha value is -3.36. The summed E-state index contributed by atoms with van der Waals surface area (Å²) < 4.78 is 16.0. The summed E-state index contributed by atoms with van der Waals surface area (Å²) >= 11 is 7.25. The van der Waals surface area contributed by atoms with Gasteiger partial charge in [-0.25, -0.2) is 10.2 Å². The van der Waals surface area contributed by atoms with E-state index < -0.39 is 11.9 Å². The lowest BCUT2D eigenvalue weighted by Crippen LogP contribution is -2.24. The van der Waals surface area contributed by atoms with Crippen LogP contribution in [0, 0.1) is 0 Å². The third-order valence-electron chi connectivity index (χ3n) is 3.71. The summed E-state index contributed by atoms with van der Waals surface area (Å²) in [6.07, 6.45) is 1.43. The summed E-state index contributed by atoms with van der Waals surface area (Å²) in [6.45, 7) is -0.234. The molecule has 0 unspecified atom stereocenters. The molecule has 0 aliphatic rings. The van der Waals surface area contributed by atoms with E-state index in [0.29, 0.717) is 27.0 Å². The highest BCUT2D eigenvalue weighted by Gasteiger charge is 2.13. The highest BCUT2D eigenvalue weighted by atomic mass is 35.5. The van der Waals surface area contributed by atoms with Gasteiger partial charge in [0.2, 0.25) is 0 Å². The third-order valence-corrected chi connectivity index (χ3v) is 4.87. The van der Waals surface area contributed by atoms with Crippen LogP contribution < -0.4 is 19.6 Å². The second-order valence-electron chi connectivity index (χ2n) is 5.79. The van der Waals surface area contributed by atoms with E-state index in [9.17, 15) is 9.59 Å². The number of benzene rings is 2. The average molecular weight is 445 g/mol. The number of carbonyl (C=O) groups is 2. The van der Waals surface area contributed by atoms with Crippen LogP contribution in [0.15, 0.2) is 65.1 Å². The van der Waals surface area contributed by atoms with Crippen LogP contribution in [0.4, 0.5) is 0 Å². The molecule has 0 bridgehead atoms. The molecule has 0 aliphatic carbocycles. The number of hydrogen-bond acceptors (Lipinski definition) is 7. The fourth-order valence-electron chi connectivity index (χ4n) is 2.31. The molecular formula is C21H17ClN2O5S. The molecule has 1 N–H and O–H groups in total. The van der Waals surface area contributed by atoms with Gasteiger partial charge in [0, 0.05) is 0 Å². The van der Waals surface area contributed by atoms with Crippen LogP contribution in [0.25, 0.3) is 0 Å². The molecule has 0 radical (unpaired) electrons. The minimum atomic E-state index is -0.463. The van der Waals surface area contributed by atoms with Crippen molar-refractivity contribution < 1.29 is 23.8 Å². The molecule has 3 aromatic rings. The van der Waals surface area contributed by atoms with Gasteiger partial charge in [-0.05, 0) is 47.3 Å². The molecule has 3 rings (SSSR count). The summed E-state index contributed by atoms with van der Waals surface area (Å²) in [5.74, 6) is 0.147. The minimum Gasteiger partial charge on any atom is -0.493 e. The summed E-state index contributed by atoms with van der Waals surface area (Å²) in [5.41, 5.74) is 3.00. The minimum absolute atomic E-state index is 0.234. The predicted octanol–water partition coefficient (Wildman–Crippen LogP) is 4.16. The van der Waals surface area contributed by atoms with Gasteiger partial charge in [-0.2, -0.15) is 5.10 Å². The third kappa shape index (κ3) is 5.82. The lowest BCUT2D eigenvalue weighted by atomic mass is 10.2. The van der Waals surface area contributed by atoms with Crippen molar-refractivity contribution in [1.29, 1.82) is 0 Å². The Morgan fingerprint density at radius 3 is 2.67 bits per heavy atom. The van der Waals surface area contributed by atoms with Crippen molar-refractivity contribution in [3.05, 3.63) is 75.4 Å². The highest BCUT2D eigenvalue weighted by molar-refractivity contribution is 7.12. The molecule has 0 saturated heterocycles. The topological polar surface area (TPSA) is 86.2 Å². The molecule has 1 heterocycles. The first-order valence-corrected chi connectivity index (χ1v) is 9.95. The average Bonchev–Trinajstić information content (AvgIpc) is 3.29. The van der Waals surface area contributed by atoms with Crippen molar-refractivity contribution >= 4 is 41.0 Å². The molecule has 2 aromatic carbocycles. The first-order chi connectivity index (χ1) is 14.6. The van der Waals surface area contributed by atoms with Crippen LogP contribution in [0.3, 0.4) is 0 Å². The standard InChI is InChI=1S/C21H17ClN2O5S/c1-27-18-11-14(8-9-17(18)29-21(26)19-7-4-10-30-19)12-23-24-20(25)13-28-16-6-3-2-5-15(16)22/h2-12H,13H2,1H3,(H,24,25)/b23-12+. The molecule has 7 nitrogen and oxygen atoms in total. The number of methoxy groups -OCH3 is 1. The molecule has 30 heavy (non-hydrogen) atoms. The number of carbonyl (C=O) groups excluding carboxylic acids is 2. The molecule has 154 valence electrons. The normalized spacial score (nSPS) is 10.6. The summed E-state index contributed by atoms with van der Waals surface area (Å²) in [6, 6.07) is 15.2. The van der Waals surface area contributed by atoms with Gasteiger partial charge in [0.25, 0.3) is 5.91 Å². The van der Waals surface area contributed by atoms with Gasteiger partial charge < -0.3 is 14.2 Å². The van der Waals surface area contributed by atoms with Gasteiger partial charge in [0.15, 0.2) is 18.1 Å². The fraction of sp³-hybridized carbons (Fsp3) is 0.0952. The first-order valence-electron chi connectivity index (χ1n) is 8.70. The number of nitrogens with one attached hydrogen (secondary N) is 1. The van der Waals surface area contributed by atoms with Crippen LogP contribution in [-0.2, 0) is 4.79 Å². The van der Waals surface area contributed by atoms with E-state index in [2.05, 4.69) is 10.5 Å². The Balaban J connectivity index is 1.55. The zero-order chi connectivity index (χ0) is 21.3. The Labute approximate surface area is 181 Å². The number of hydrazone groups is 1. The van der Waals surface area contributed by atoms with Crippen LogP contribution in [0.2, 0.25) is 5.02 Å². The van der Waals surface area contributed by atoms with Gasteiger partial charge in [-0.15, -0.1) is 11.3 Å². The smallest absolute Gasteiger partial charge is 0.353 e. The Bertz CT molecular complexity index is 1050. The maximum atomic E-state index is 12.1. The summed E-state index contributed by atoms with van der Waals surface area (Å²) in [5, 5.41) is 6.09. The molecule has 1 aromatic heterocycles. The fourth-order valence-corrected chi connectivity index (χ4v) is 3.10. The van der Waals surface area contributed by atoms with Gasteiger partial charge in [-0.1, -0.05) is 29.8 Å². The van der Waals surface area contributed by atoms with Crippen LogP contribution in [-0.4, -0.2) is 31.8 Å². The maximum Gasteiger partial charge on any atom is 0.353 e. The predicted molar refractivity (Wildman–Crippen MR) is 115 cm³/mol. The highest BCUT2D eigenvalue weighted by Crippen LogP contribution is 2.29. The number of rotatable bonds is 8. The number of halogens is 1. The zero-order valence-corrected chi connectivity index (χ0v) is 17.4. The lowest BCUT2D eigenvalue weighted by Gasteiger charge is -2.09. The number of esters is 1. The second-order valence-corrected chi connectivity index (χ2v) is 7.14. The Morgan fingerprint density at radius 2 is 1.93 bits per heavy atom. The Morgan fingerprint density at radius 1 is 1.10 bits per heavy atom. The second kappa shape index (κ2) is 10.4. The van der Waals surface area contributed by atoms with Gasteiger partial charge in [-0.3, -0.25) is 4.79 Å². The van der Waals surface area contributed by atoms with Crippen molar-refractivity contribution in [2.45, 2.75) is 0 Å². The molecular weight excluding hydrogens is 428 g/mol. The van der Waals surface area contributed by atoms with E-state index in [0.717, 1.165) is 0 Å². The van der Waals surface area contributed by atoms with Crippen molar-refractivity contribution in [2.75, 3.05) is 13.7 Å². The van der Waals surface area contributed by atoms with Gasteiger partial charge in [0.1, 0.15) is 10.6 Å². The molecule has 0 saturated carbocycles. The number of nitrogens with zero attached hydrogens (tertiary/aromatic N) is 1. The number of amides is 1. The number of hydrogen-bond donors (Lipinski definition) is 1. The first kappa shape index (κ1) is 21.4. The van der Waals surface area contributed by atoms with E-state index in [1.807, 2.05) is 0 Å². The van der Waals surface area contributed by atoms with Crippen molar-refractivity contribution in [3.8, 4) is 17.2 Å². The van der Waals surface area contributed by atoms with Crippen molar-refractivity contribution in [1.82, 2.24) is 5.43 Å². The van der Waals surface area contributed by atoms with E-state index in [4.69, 9.17) is 25.8 Å². The van der Waals surface area contributed by atoms with Gasteiger partial charge in [0.05, 0.1) is 18.3 Å². The SMILES string of the molecule is COc1cc(/C=N/NC(=O)COc2ccccc2Cl)ccc1OC(=O)c1cccs1. The molecule has 0 aliphatic heterocycles. The monoisotopic (exact) mass is 444 g/mol. The lowest BCUT2D eigenvalue weighted by molar-refractivity contribution is -0.123. The largest absolute Gasteiger partial charge is 0.493 e. The van der Waals surface area contributed by atoms with Crippen LogP contribution in [0.5, 0.6) is 17.2 Å². The van der Waals surface area contributed by atoms with E-state index in [1.165, 1.54) is 24.7 Å². The molecule has 1 amide bonds. The number of para-hydroxylation sites is 1. The quantitative estimate of drug-likeness (QED) is 0.244. The summed E-state index contributed by atoms with van der Waals surface area (Å²) in [4.78, 5) is 24.4. The van der Waals surface area contributed by atoms with Crippen molar-refractivity contribution in [2.24, 2.45) is 5.10 Å². The van der Waals surface area contributed by atoms with E-state index in [1.54, 1.807) is 60.0 Å². The van der Waals surface area contributed by atoms with Crippen molar-refractivity contribution in [3.63, 3.8) is 0 Å². The van der Waals surface area contributed by atoms with Gasteiger partial charge >= 0.3 is 5.97 Å². The molecule has 0 spiro atoms. The van der Waals surface area contributed by atoms with Crippen LogP contribution >= 0.6 is 22.9 Å². The number of thiophene rings is 1.